The van der Waals surface area contributed by atoms with Crippen LogP contribution in [-0.4, -0.2) is 49.7 Å². The van der Waals surface area contributed by atoms with Gasteiger partial charge >= 0.3 is 5.97 Å². The molecule has 0 aromatic heterocycles. The van der Waals surface area contributed by atoms with Crippen molar-refractivity contribution in [1.29, 1.82) is 0 Å². The summed E-state index contributed by atoms with van der Waals surface area (Å²) in [6, 6.07) is 6.62. The molecule has 5 nitrogen and oxygen atoms in total. The molecule has 0 amide bonds. The quantitative estimate of drug-likeness (QED) is 0.664. The minimum absolute atomic E-state index is 0.374. The van der Waals surface area contributed by atoms with Crippen LogP contribution in [0.5, 0.6) is 0 Å². The second-order valence-corrected chi connectivity index (χ2v) is 6.02. The maximum Gasteiger partial charge on any atom is 0.340 e. The van der Waals surface area contributed by atoms with Crippen LogP contribution in [0.25, 0.3) is 0 Å². The van der Waals surface area contributed by atoms with Crippen LogP contribution >= 0.6 is 0 Å². The van der Waals surface area contributed by atoms with Crippen LogP contribution < -0.4 is 10.6 Å². The van der Waals surface area contributed by atoms with Crippen LogP contribution in [0.2, 0.25) is 0 Å². The summed E-state index contributed by atoms with van der Waals surface area (Å²) in [6.07, 6.45) is 2.53. The van der Waals surface area contributed by atoms with Gasteiger partial charge in [0, 0.05) is 25.2 Å². The first-order valence-corrected chi connectivity index (χ1v) is 7.59. The largest absolute Gasteiger partial charge is 0.465 e. The average Bonchev–Trinajstić information content (AvgIpc) is 2.93. The van der Waals surface area contributed by atoms with Gasteiger partial charge in [-0.1, -0.05) is 6.07 Å². The highest BCUT2D eigenvalue weighted by atomic mass is 16.5. The summed E-state index contributed by atoms with van der Waals surface area (Å²) in [5.41, 5.74) is 8.17. The number of nitrogen functional groups attached to an aromatic ring is 1. The standard InChI is InChI=1S/C16H23N3O2/c1-11-9-18-8-4-5-12(18)10-19(11)14-7-3-6-13(15(14)17)16(20)21-2/h3,6-7,11-12H,4-5,8-10,17H2,1-2H3. The Hall–Kier alpha value is -1.75. The SMILES string of the molecule is COC(=O)c1cccc(N2CC3CCCN3CC2C)c1N. The van der Waals surface area contributed by atoms with Crippen molar-refractivity contribution in [3.63, 3.8) is 0 Å². The van der Waals surface area contributed by atoms with E-state index in [4.69, 9.17) is 10.5 Å². The molecule has 2 heterocycles. The van der Waals surface area contributed by atoms with Gasteiger partial charge in [0.25, 0.3) is 0 Å². The van der Waals surface area contributed by atoms with E-state index in [1.807, 2.05) is 12.1 Å². The lowest BCUT2D eigenvalue weighted by Gasteiger charge is -2.44. The Bertz CT molecular complexity index is 546. The van der Waals surface area contributed by atoms with Crippen LogP contribution in [0, 0.1) is 0 Å². The van der Waals surface area contributed by atoms with Crippen molar-refractivity contribution < 1.29 is 9.53 Å². The Kier molecular flexibility index (Phi) is 3.76. The summed E-state index contributed by atoms with van der Waals surface area (Å²) >= 11 is 0. The highest BCUT2D eigenvalue weighted by Gasteiger charge is 2.35. The van der Waals surface area contributed by atoms with Crippen LogP contribution in [0.15, 0.2) is 18.2 Å². The number of ether oxygens (including phenoxy) is 1. The van der Waals surface area contributed by atoms with Gasteiger partial charge in [-0.2, -0.15) is 0 Å². The second-order valence-electron chi connectivity index (χ2n) is 6.02. The van der Waals surface area contributed by atoms with Gasteiger partial charge in [-0.3, -0.25) is 4.90 Å². The van der Waals surface area contributed by atoms with Crippen LogP contribution in [0.4, 0.5) is 11.4 Å². The van der Waals surface area contributed by atoms with Gasteiger partial charge in [-0.05, 0) is 38.4 Å². The lowest BCUT2D eigenvalue weighted by Crippen LogP contribution is -2.55. The smallest absolute Gasteiger partial charge is 0.340 e. The van der Waals surface area contributed by atoms with Gasteiger partial charge < -0.3 is 15.4 Å². The first-order valence-electron chi connectivity index (χ1n) is 7.59. The molecule has 3 rings (SSSR count). The molecule has 2 atom stereocenters. The summed E-state index contributed by atoms with van der Waals surface area (Å²) in [6.45, 7) is 5.47. The summed E-state index contributed by atoms with van der Waals surface area (Å²) in [5, 5.41) is 0. The Labute approximate surface area is 125 Å². The number of fused-ring (bicyclic) bond motifs is 1. The molecular weight excluding hydrogens is 266 g/mol. The number of anilines is 2. The monoisotopic (exact) mass is 289 g/mol. The molecule has 1 aromatic rings. The molecule has 0 aliphatic carbocycles. The molecule has 2 aliphatic heterocycles. The van der Waals surface area contributed by atoms with Gasteiger partial charge in [0.2, 0.25) is 0 Å². The highest BCUT2D eigenvalue weighted by Crippen LogP contribution is 2.33. The van der Waals surface area contributed by atoms with E-state index in [0.717, 1.165) is 18.8 Å². The van der Waals surface area contributed by atoms with Gasteiger partial charge in [-0.25, -0.2) is 4.79 Å². The molecule has 2 N–H and O–H groups in total. The van der Waals surface area contributed by atoms with Gasteiger partial charge in [0.05, 0.1) is 24.0 Å². The molecule has 0 spiro atoms. The van der Waals surface area contributed by atoms with Crippen molar-refractivity contribution in [2.45, 2.75) is 31.8 Å². The summed E-state index contributed by atoms with van der Waals surface area (Å²) in [7, 11) is 1.38. The number of hydrogen-bond donors (Lipinski definition) is 1. The molecule has 1 aromatic carbocycles. The molecule has 21 heavy (non-hydrogen) atoms. The molecule has 5 heteroatoms. The topological polar surface area (TPSA) is 58.8 Å². The number of hydrogen-bond acceptors (Lipinski definition) is 5. The number of methoxy groups -OCH3 is 1. The van der Waals surface area contributed by atoms with Crippen molar-refractivity contribution in [3.8, 4) is 0 Å². The second kappa shape index (κ2) is 5.56. The normalized spacial score (nSPS) is 25.7. The third-order valence-electron chi connectivity index (χ3n) is 4.74. The molecule has 2 aliphatic rings. The molecule has 2 unspecified atom stereocenters. The average molecular weight is 289 g/mol. The van der Waals surface area contributed by atoms with Crippen molar-refractivity contribution in [1.82, 2.24) is 4.90 Å². The zero-order valence-electron chi connectivity index (χ0n) is 12.7. The van der Waals surface area contributed by atoms with E-state index < -0.39 is 0 Å². The lowest BCUT2D eigenvalue weighted by atomic mass is 10.0. The Morgan fingerprint density at radius 3 is 2.95 bits per heavy atom. The van der Waals surface area contributed by atoms with E-state index >= 15 is 0 Å². The van der Waals surface area contributed by atoms with E-state index in [9.17, 15) is 4.79 Å². The number of benzene rings is 1. The summed E-state index contributed by atoms with van der Waals surface area (Å²) in [4.78, 5) is 16.7. The number of rotatable bonds is 2. The van der Waals surface area contributed by atoms with Crippen LogP contribution in [-0.2, 0) is 4.74 Å². The zero-order valence-corrected chi connectivity index (χ0v) is 12.7. The molecule has 0 bridgehead atoms. The van der Waals surface area contributed by atoms with E-state index in [2.05, 4.69) is 16.7 Å². The molecule has 0 radical (unpaired) electrons. The van der Waals surface area contributed by atoms with Gasteiger partial charge in [0.1, 0.15) is 0 Å². The maximum atomic E-state index is 11.8. The van der Waals surface area contributed by atoms with Crippen molar-refractivity contribution >= 4 is 17.3 Å². The first kappa shape index (κ1) is 14.2. The zero-order chi connectivity index (χ0) is 15.0. The van der Waals surface area contributed by atoms with E-state index in [1.54, 1.807) is 6.07 Å². The third-order valence-corrected chi connectivity index (χ3v) is 4.74. The maximum absolute atomic E-state index is 11.8. The fourth-order valence-corrected chi connectivity index (χ4v) is 3.61. The predicted molar refractivity (Wildman–Crippen MR) is 83.6 cm³/mol. The summed E-state index contributed by atoms with van der Waals surface area (Å²) < 4.78 is 4.81. The van der Waals surface area contributed by atoms with Crippen LogP contribution in [0.3, 0.4) is 0 Å². The molecule has 2 saturated heterocycles. The van der Waals surface area contributed by atoms with Gasteiger partial charge in [0.15, 0.2) is 0 Å². The highest BCUT2D eigenvalue weighted by molar-refractivity contribution is 5.98. The number of esters is 1. The molecule has 114 valence electrons. The fourth-order valence-electron chi connectivity index (χ4n) is 3.61. The number of piperazine rings is 1. The minimum Gasteiger partial charge on any atom is -0.465 e. The van der Waals surface area contributed by atoms with Crippen molar-refractivity contribution in [2.24, 2.45) is 0 Å². The first-order chi connectivity index (χ1) is 10.1. The Morgan fingerprint density at radius 1 is 1.38 bits per heavy atom. The Balaban J connectivity index is 1.91. The minimum atomic E-state index is -0.374. The fraction of sp³-hybridized carbons (Fsp3) is 0.562. The number of nitrogens with two attached hydrogens (primary N) is 1. The van der Waals surface area contributed by atoms with Crippen molar-refractivity contribution in [2.75, 3.05) is 37.4 Å². The lowest BCUT2D eigenvalue weighted by molar-refractivity contribution is 0.0602. The van der Waals surface area contributed by atoms with E-state index in [0.29, 0.717) is 23.3 Å². The Morgan fingerprint density at radius 2 is 2.19 bits per heavy atom. The third kappa shape index (κ3) is 2.46. The number of para-hydroxylation sites is 1. The van der Waals surface area contributed by atoms with E-state index in [-0.39, 0.29) is 5.97 Å². The predicted octanol–water partition coefficient (Wildman–Crippen LogP) is 1.73. The number of carbonyl (C=O) groups is 1. The number of nitrogens with zero attached hydrogens (tertiary/aromatic N) is 2. The van der Waals surface area contributed by atoms with E-state index in [1.165, 1.54) is 26.5 Å². The molecule has 2 fully saturated rings. The number of carbonyl (C=O) groups excluding carboxylic acids is 1. The molecule has 0 saturated carbocycles. The molecular formula is C16H23N3O2. The van der Waals surface area contributed by atoms with Crippen molar-refractivity contribution in [3.05, 3.63) is 23.8 Å². The van der Waals surface area contributed by atoms with Gasteiger partial charge in [-0.15, -0.1) is 0 Å². The van der Waals surface area contributed by atoms with Crippen LogP contribution in [0.1, 0.15) is 30.1 Å². The summed E-state index contributed by atoms with van der Waals surface area (Å²) in [5.74, 6) is -0.374.